The number of hydrogen-bond donors (Lipinski definition) is 2. The summed E-state index contributed by atoms with van der Waals surface area (Å²) in [5.41, 5.74) is 3.10. The van der Waals surface area contributed by atoms with Gasteiger partial charge in [-0.05, 0) is 25.0 Å². The molecule has 2 rings (SSSR count). The number of rotatable bonds is 5. The Bertz CT molecular complexity index is 698. The summed E-state index contributed by atoms with van der Waals surface area (Å²) in [4.78, 5) is 48.4. The Hall–Kier alpha value is -2.70. The minimum atomic E-state index is -1.45. The van der Waals surface area contributed by atoms with Crippen molar-refractivity contribution in [2.75, 3.05) is 13.1 Å². The summed E-state index contributed by atoms with van der Waals surface area (Å²) in [5, 5.41) is 10.7. The molecular weight excluding hydrogens is 312 g/mol. The topological polar surface area (TPSA) is 104 Å². The molecule has 0 aromatic heterocycles. The number of Topliss-reactive ketones (excluding diaryl/α,β-unsaturated/α-hetero) is 1. The number of aliphatic carboxylic acids is 1. The zero-order valence-corrected chi connectivity index (χ0v) is 13.7. The van der Waals surface area contributed by atoms with Crippen LogP contribution in [0.5, 0.6) is 0 Å². The van der Waals surface area contributed by atoms with Gasteiger partial charge in [-0.25, -0.2) is 0 Å². The van der Waals surface area contributed by atoms with E-state index in [1.807, 2.05) is 32.0 Å². The molecule has 1 heterocycles. The summed E-state index contributed by atoms with van der Waals surface area (Å²) in [6, 6.07) is 5.87. The van der Waals surface area contributed by atoms with Gasteiger partial charge in [0.1, 0.15) is 6.54 Å². The third-order valence-electron chi connectivity index (χ3n) is 4.04. The Balaban J connectivity index is 2.12. The third kappa shape index (κ3) is 3.98. The van der Waals surface area contributed by atoms with E-state index in [4.69, 9.17) is 5.11 Å². The first kappa shape index (κ1) is 17.7. The summed E-state index contributed by atoms with van der Waals surface area (Å²) in [5.74, 6) is -4.58. The maximum absolute atomic E-state index is 12.5. The Morgan fingerprint density at radius 1 is 1.29 bits per heavy atom. The lowest BCUT2D eigenvalue weighted by Crippen LogP contribution is -2.52. The van der Waals surface area contributed by atoms with Crippen LogP contribution in [0.3, 0.4) is 0 Å². The summed E-state index contributed by atoms with van der Waals surface area (Å²) in [6.45, 7) is 3.88. The highest BCUT2D eigenvalue weighted by molar-refractivity contribution is 6.19. The Labute approximate surface area is 139 Å². The van der Waals surface area contributed by atoms with Crippen molar-refractivity contribution in [3.8, 4) is 0 Å². The van der Waals surface area contributed by atoms with Crippen LogP contribution in [0.2, 0.25) is 0 Å². The number of nitrogens with zero attached hydrogens (tertiary/aromatic N) is 1. The Kier molecular flexibility index (Phi) is 5.33. The lowest BCUT2D eigenvalue weighted by atomic mass is 9.93. The van der Waals surface area contributed by atoms with E-state index < -0.39 is 36.0 Å². The molecule has 0 saturated carbocycles. The fourth-order valence-electron chi connectivity index (χ4n) is 2.73. The number of hydrogen-bond acceptors (Lipinski definition) is 4. The Morgan fingerprint density at radius 3 is 2.62 bits per heavy atom. The number of aryl methyl sites for hydroxylation is 2. The number of carbonyl (C=O) groups excluding carboxylic acids is 3. The molecule has 1 aliphatic rings. The van der Waals surface area contributed by atoms with Crippen molar-refractivity contribution in [3.63, 3.8) is 0 Å². The molecule has 1 atom stereocenters. The van der Waals surface area contributed by atoms with Crippen LogP contribution >= 0.6 is 0 Å². The van der Waals surface area contributed by atoms with E-state index in [1.54, 1.807) is 0 Å². The molecule has 7 nitrogen and oxygen atoms in total. The van der Waals surface area contributed by atoms with Crippen molar-refractivity contribution < 1.29 is 24.3 Å². The van der Waals surface area contributed by atoms with Crippen LogP contribution in [0.25, 0.3) is 0 Å². The molecule has 7 heteroatoms. The first-order valence-corrected chi connectivity index (χ1v) is 7.66. The number of carboxylic acid groups (broad SMARTS) is 1. The van der Waals surface area contributed by atoms with Gasteiger partial charge in [-0.3, -0.25) is 19.2 Å². The van der Waals surface area contributed by atoms with Gasteiger partial charge >= 0.3 is 5.97 Å². The summed E-state index contributed by atoms with van der Waals surface area (Å²) < 4.78 is 0. The molecule has 1 aromatic carbocycles. The van der Waals surface area contributed by atoms with Crippen LogP contribution in [0.15, 0.2) is 18.2 Å². The van der Waals surface area contributed by atoms with E-state index >= 15 is 0 Å². The van der Waals surface area contributed by atoms with Crippen LogP contribution in [0.4, 0.5) is 0 Å². The first-order valence-electron chi connectivity index (χ1n) is 7.66. The number of benzene rings is 1. The van der Waals surface area contributed by atoms with Gasteiger partial charge in [0, 0.05) is 19.5 Å². The van der Waals surface area contributed by atoms with E-state index in [0.29, 0.717) is 6.54 Å². The van der Waals surface area contributed by atoms with Crippen molar-refractivity contribution >= 4 is 23.6 Å². The second kappa shape index (κ2) is 7.25. The van der Waals surface area contributed by atoms with Gasteiger partial charge < -0.3 is 15.3 Å². The predicted octanol–water partition coefficient (Wildman–Crippen LogP) is 0.422. The molecule has 2 amide bonds. The third-order valence-corrected chi connectivity index (χ3v) is 4.04. The number of carbonyl (C=O) groups is 4. The number of nitrogens with one attached hydrogen (secondary N) is 1. The quantitative estimate of drug-likeness (QED) is 0.761. The molecule has 0 bridgehead atoms. The highest BCUT2D eigenvalue weighted by Crippen LogP contribution is 2.20. The minimum Gasteiger partial charge on any atom is -0.480 e. The van der Waals surface area contributed by atoms with Gasteiger partial charge in [0.25, 0.3) is 0 Å². The summed E-state index contributed by atoms with van der Waals surface area (Å²) in [6.07, 6.45) is 0.0851. The largest absolute Gasteiger partial charge is 0.480 e. The zero-order valence-electron chi connectivity index (χ0n) is 13.7. The lowest BCUT2D eigenvalue weighted by Gasteiger charge is -2.31. The molecule has 0 spiro atoms. The first-order chi connectivity index (χ1) is 11.3. The van der Waals surface area contributed by atoms with Crippen LogP contribution in [-0.4, -0.2) is 46.7 Å². The minimum absolute atomic E-state index is 0.0851. The lowest BCUT2D eigenvalue weighted by molar-refractivity contribution is -0.152. The number of amides is 2. The van der Waals surface area contributed by atoms with Gasteiger partial charge in [0.2, 0.25) is 11.8 Å². The molecular formula is C17H20N2O5. The molecule has 1 aliphatic heterocycles. The van der Waals surface area contributed by atoms with E-state index in [2.05, 4.69) is 5.32 Å². The summed E-state index contributed by atoms with van der Waals surface area (Å²) >= 11 is 0. The van der Waals surface area contributed by atoms with E-state index in [-0.39, 0.29) is 13.0 Å². The predicted molar refractivity (Wildman–Crippen MR) is 85.1 cm³/mol. The molecule has 0 aliphatic carbocycles. The van der Waals surface area contributed by atoms with E-state index in [0.717, 1.165) is 16.7 Å². The molecule has 1 fully saturated rings. The fraction of sp³-hybridized carbons (Fsp3) is 0.412. The normalized spacial score (nSPS) is 17.8. The SMILES string of the molecule is Cc1ccc(CN2CCC(=O)C(C(=O)NCC(=O)O)C2=O)c(C)c1. The summed E-state index contributed by atoms with van der Waals surface area (Å²) in [7, 11) is 0. The van der Waals surface area contributed by atoms with Crippen molar-refractivity contribution in [2.45, 2.75) is 26.8 Å². The standard InChI is InChI=1S/C17H20N2O5/c1-10-3-4-12(11(2)7-10)9-19-6-5-13(20)15(17(19)24)16(23)18-8-14(21)22/h3-4,7,15H,5-6,8-9H2,1-2H3,(H,18,23)(H,21,22). The van der Waals surface area contributed by atoms with Gasteiger partial charge in [0.15, 0.2) is 11.7 Å². The highest BCUT2D eigenvalue weighted by Gasteiger charge is 2.40. The van der Waals surface area contributed by atoms with Crippen molar-refractivity contribution in [1.29, 1.82) is 0 Å². The van der Waals surface area contributed by atoms with E-state index in [1.165, 1.54) is 4.90 Å². The molecule has 128 valence electrons. The van der Waals surface area contributed by atoms with Gasteiger partial charge in [0.05, 0.1) is 0 Å². The highest BCUT2D eigenvalue weighted by atomic mass is 16.4. The second-order valence-electron chi connectivity index (χ2n) is 5.95. The van der Waals surface area contributed by atoms with Crippen LogP contribution < -0.4 is 5.32 Å². The monoisotopic (exact) mass is 332 g/mol. The fourth-order valence-corrected chi connectivity index (χ4v) is 2.73. The van der Waals surface area contributed by atoms with Crippen LogP contribution in [0.1, 0.15) is 23.1 Å². The number of ketones is 1. The zero-order chi connectivity index (χ0) is 17.9. The van der Waals surface area contributed by atoms with Gasteiger partial charge in [-0.1, -0.05) is 23.8 Å². The molecule has 24 heavy (non-hydrogen) atoms. The van der Waals surface area contributed by atoms with Crippen molar-refractivity contribution in [1.82, 2.24) is 10.2 Å². The molecule has 2 N–H and O–H groups in total. The van der Waals surface area contributed by atoms with Crippen molar-refractivity contribution in [2.24, 2.45) is 5.92 Å². The molecule has 1 saturated heterocycles. The molecule has 1 unspecified atom stereocenters. The average molecular weight is 332 g/mol. The number of carboxylic acids is 1. The van der Waals surface area contributed by atoms with Crippen LogP contribution in [-0.2, 0) is 25.7 Å². The number of likely N-dealkylation sites (tertiary alicyclic amines) is 1. The van der Waals surface area contributed by atoms with Crippen molar-refractivity contribution in [3.05, 3.63) is 34.9 Å². The van der Waals surface area contributed by atoms with Gasteiger partial charge in [-0.2, -0.15) is 0 Å². The smallest absolute Gasteiger partial charge is 0.322 e. The average Bonchev–Trinajstić information content (AvgIpc) is 2.50. The molecule has 0 radical (unpaired) electrons. The maximum Gasteiger partial charge on any atom is 0.322 e. The second-order valence-corrected chi connectivity index (χ2v) is 5.95. The van der Waals surface area contributed by atoms with E-state index in [9.17, 15) is 19.2 Å². The van der Waals surface area contributed by atoms with Crippen LogP contribution in [0, 0.1) is 19.8 Å². The maximum atomic E-state index is 12.5. The van der Waals surface area contributed by atoms with Gasteiger partial charge in [-0.15, -0.1) is 0 Å². The molecule has 1 aromatic rings. The Morgan fingerprint density at radius 2 is 2.00 bits per heavy atom. The number of piperidine rings is 1.